The monoisotopic (exact) mass is 664 g/mol. The van der Waals surface area contributed by atoms with Gasteiger partial charge in [0.05, 0.1) is 19.4 Å². The molecular weight excluding hydrogens is 649 g/mol. The van der Waals surface area contributed by atoms with Gasteiger partial charge in [0.15, 0.2) is 6.61 Å². The first-order valence-electron chi connectivity index (χ1n) is 9.15. The van der Waals surface area contributed by atoms with E-state index in [-0.39, 0.29) is 24.5 Å². The van der Waals surface area contributed by atoms with Crippen molar-refractivity contribution in [3.63, 3.8) is 0 Å². The van der Waals surface area contributed by atoms with Crippen LogP contribution in [0.3, 0.4) is 0 Å². The zero-order valence-corrected chi connectivity index (χ0v) is 20.8. The van der Waals surface area contributed by atoms with Crippen molar-refractivity contribution >= 4 is 80.8 Å². The van der Waals surface area contributed by atoms with Crippen LogP contribution in [0.1, 0.15) is 12.5 Å². The molecule has 1 heterocycles. The van der Waals surface area contributed by atoms with Gasteiger partial charge in [-0.1, -0.05) is 0 Å². The Hall–Kier alpha value is -2.55. The number of ether oxygens (including phenoxy) is 2. The Morgan fingerprint density at radius 2 is 1.75 bits per heavy atom. The lowest BCUT2D eigenvalue weighted by atomic mass is 10.1. The van der Waals surface area contributed by atoms with Gasteiger partial charge in [-0.05, 0) is 100 Å². The summed E-state index contributed by atoms with van der Waals surface area (Å²) in [5.41, 5.74) is 0.370. The van der Waals surface area contributed by atoms with Gasteiger partial charge in [0.1, 0.15) is 17.1 Å². The quantitative estimate of drug-likeness (QED) is 0.219. The molecule has 8 nitrogen and oxygen atoms in total. The Labute approximate surface area is 209 Å². The van der Waals surface area contributed by atoms with E-state index >= 15 is 0 Å². The highest BCUT2D eigenvalue weighted by molar-refractivity contribution is 14.1. The molecule has 0 aromatic heterocycles. The molecule has 0 radical (unpaired) electrons. The number of esters is 1. The molecule has 0 atom stereocenters. The van der Waals surface area contributed by atoms with E-state index in [1.807, 2.05) is 45.2 Å². The number of anilines is 1. The van der Waals surface area contributed by atoms with Crippen LogP contribution in [-0.4, -0.2) is 37.0 Å². The number of rotatable bonds is 6. The maximum absolute atomic E-state index is 13.2. The molecule has 1 N–H and O–H groups in total. The van der Waals surface area contributed by atoms with Gasteiger partial charge in [-0.2, -0.15) is 0 Å². The number of hydrogen-bond donors (Lipinski definition) is 1. The second kappa shape index (κ2) is 10.4. The second-order valence-corrected chi connectivity index (χ2v) is 8.67. The van der Waals surface area contributed by atoms with Gasteiger partial charge in [-0.3, -0.25) is 14.9 Å². The summed E-state index contributed by atoms with van der Waals surface area (Å²) in [6.45, 7) is 1.69. The predicted molar refractivity (Wildman–Crippen MR) is 129 cm³/mol. The lowest BCUT2D eigenvalue weighted by Crippen LogP contribution is -2.54. The Morgan fingerprint density at radius 3 is 2.34 bits per heavy atom. The van der Waals surface area contributed by atoms with Crippen LogP contribution < -0.4 is 15.0 Å². The second-order valence-electron chi connectivity index (χ2n) is 6.34. The van der Waals surface area contributed by atoms with Crippen molar-refractivity contribution in [2.45, 2.75) is 6.92 Å². The molecule has 11 heteroatoms. The molecule has 4 amide bonds. The number of barbiturate groups is 1. The largest absolute Gasteiger partial charge is 0.480 e. The van der Waals surface area contributed by atoms with Crippen LogP contribution in [0.25, 0.3) is 6.08 Å². The third-order valence-electron chi connectivity index (χ3n) is 4.16. The summed E-state index contributed by atoms with van der Waals surface area (Å²) in [5.74, 6) is -2.24. The SMILES string of the molecule is CCOC(=O)COc1c(I)cc(/C=C2\C(=O)NC(=O)N(c3ccc(F)cc3)C2=O)cc1I. The topological polar surface area (TPSA) is 102 Å². The molecule has 166 valence electrons. The van der Waals surface area contributed by atoms with Gasteiger partial charge >= 0.3 is 12.0 Å². The van der Waals surface area contributed by atoms with Crippen molar-refractivity contribution < 1.29 is 33.0 Å². The van der Waals surface area contributed by atoms with E-state index in [1.165, 1.54) is 18.2 Å². The molecule has 2 aromatic rings. The van der Waals surface area contributed by atoms with E-state index in [0.717, 1.165) is 17.0 Å². The average Bonchev–Trinajstić information content (AvgIpc) is 2.72. The fourth-order valence-electron chi connectivity index (χ4n) is 2.78. The number of benzene rings is 2. The van der Waals surface area contributed by atoms with Crippen LogP contribution in [0, 0.1) is 13.0 Å². The van der Waals surface area contributed by atoms with Crippen LogP contribution >= 0.6 is 45.2 Å². The number of hydrogen-bond acceptors (Lipinski definition) is 6. The van der Waals surface area contributed by atoms with Gasteiger partial charge < -0.3 is 9.47 Å². The molecule has 1 aliphatic heterocycles. The highest BCUT2D eigenvalue weighted by Crippen LogP contribution is 2.30. The minimum Gasteiger partial charge on any atom is -0.480 e. The number of halogens is 3. The summed E-state index contributed by atoms with van der Waals surface area (Å²) < 4.78 is 24.9. The highest BCUT2D eigenvalue weighted by Gasteiger charge is 2.36. The van der Waals surface area contributed by atoms with Crippen molar-refractivity contribution in [1.82, 2.24) is 5.32 Å². The molecule has 1 aliphatic rings. The number of carbonyl (C=O) groups excluding carboxylic acids is 4. The minimum atomic E-state index is -0.921. The number of carbonyl (C=O) groups is 4. The van der Waals surface area contributed by atoms with Crippen molar-refractivity contribution in [3.05, 3.63) is 60.5 Å². The molecular formula is C21H15FI2N2O6. The van der Waals surface area contributed by atoms with E-state index in [9.17, 15) is 23.6 Å². The predicted octanol–water partition coefficient (Wildman–Crippen LogP) is 3.64. The molecule has 2 aromatic carbocycles. The Bertz CT molecular complexity index is 1110. The third kappa shape index (κ3) is 5.43. The number of nitrogens with one attached hydrogen (secondary N) is 1. The van der Waals surface area contributed by atoms with Crippen molar-refractivity contribution in [1.29, 1.82) is 0 Å². The van der Waals surface area contributed by atoms with Crippen LogP contribution in [-0.2, 0) is 19.1 Å². The number of imide groups is 2. The highest BCUT2D eigenvalue weighted by atomic mass is 127. The summed E-state index contributed by atoms with van der Waals surface area (Å²) >= 11 is 4.02. The first kappa shape index (κ1) is 24.1. The Morgan fingerprint density at radius 1 is 1.12 bits per heavy atom. The number of nitrogens with zero attached hydrogens (tertiary/aromatic N) is 1. The zero-order valence-electron chi connectivity index (χ0n) is 16.5. The molecule has 0 spiro atoms. The fourth-order valence-corrected chi connectivity index (χ4v) is 4.91. The standard InChI is InChI=1S/C21H15FI2N2O6/c1-2-31-17(27)10-32-18-15(23)8-11(9-16(18)24)7-14-19(28)25-21(30)26(20(14)29)13-5-3-12(22)4-6-13/h3-9H,2,10H2,1H3,(H,25,28,30)/b14-7+. The minimum absolute atomic E-state index is 0.124. The van der Waals surface area contributed by atoms with Crippen LogP contribution in [0.5, 0.6) is 5.75 Å². The first-order chi connectivity index (χ1) is 15.2. The van der Waals surface area contributed by atoms with Gasteiger partial charge in [-0.25, -0.2) is 18.9 Å². The molecule has 0 saturated carbocycles. The molecule has 1 fully saturated rings. The molecule has 0 bridgehead atoms. The van der Waals surface area contributed by atoms with Crippen molar-refractivity contribution in [2.75, 3.05) is 18.1 Å². The number of amides is 4. The summed E-state index contributed by atoms with van der Waals surface area (Å²) in [5, 5.41) is 2.11. The lowest BCUT2D eigenvalue weighted by Gasteiger charge is -2.26. The van der Waals surface area contributed by atoms with E-state index in [2.05, 4.69) is 5.32 Å². The van der Waals surface area contributed by atoms with Gasteiger partial charge in [0.2, 0.25) is 0 Å². The molecule has 0 aliphatic carbocycles. The maximum Gasteiger partial charge on any atom is 0.344 e. The zero-order chi connectivity index (χ0) is 23.4. The summed E-state index contributed by atoms with van der Waals surface area (Å²) in [6.07, 6.45) is 1.35. The van der Waals surface area contributed by atoms with Gasteiger partial charge in [-0.15, -0.1) is 0 Å². The maximum atomic E-state index is 13.2. The van der Waals surface area contributed by atoms with Crippen LogP contribution in [0.2, 0.25) is 0 Å². The van der Waals surface area contributed by atoms with E-state index in [0.29, 0.717) is 18.5 Å². The van der Waals surface area contributed by atoms with Crippen molar-refractivity contribution in [2.24, 2.45) is 0 Å². The smallest absolute Gasteiger partial charge is 0.344 e. The Kier molecular flexibility index (Phi) is 7.82. The first-order valence-corrected chi connectivity index (χ1v) is 11.3. The van der Waals surface area contributed by atoms with E-state index in [4.69, 9.17) is 9.47 Å². The van der Waals surface area contributed by atoms with Crippen LogP contribution in [0.15, 0.2) is 42.0 Å². The fraction of sp³-hybridized carbons (Fsp3) is 0.143. The van der Waals surface area contributed by atoms with E-state index < -0.39 is 29.6 Å². The molecule has 3 rings (SSSR count). The lowest BCUT2D eigenvalue weighted by molar-refractivity contribution is -0.145. The third-order valence-corrected chi connectivity index (χ3v) is 5.76. The summed E-state index contributed by atoms with van der Waals surface area (Å²) in [4.78, 5) is 49.8. The average molecular weight is 664 g/mol. The van der Waals surface area contributed by atoms with E-state index in [1.54, 1.807) is 19.1 Å². The molecule has 0 unspecified atom stereocenters. The molecule has 1 saturated heterocycles. The Balaban J connectivity index is 1.89. The normalized spacial score (nSPS) is 15.1. The number of urea groups is 1. The summed E-state index contributed by atoms with van der Waals surface area (Å²) in [7, 11) is 0. The van der Waals surface area contributed by atoms with Gasteiger partial charge in [0.25, 0.3) is 11.8 Å². The van der Waals surface area contributed by atoms with Crippen LogP contribution in [0.4, 0.5) is 14.9 Å². The summed E-state index contributed by atoms with van der Waals surface area (Å²) in [6, 6.07) is 7.15. The molecule has 32 heavy (non-hydrogen) atoms. The van der Waals surface area contributed by atoms with Gasteiger partial charge in [0, 0.05) is 0 Å². The van der Waals surface area contributed by atoms with Crippen molar-refractivity contribution in [3.8, 4) is 5.75 Å².